The smallest absolute Gasteiger partial charge is 0.230 e. The third-order valence-electron chi connectivity index (χ3n) is 5.18. The molecule has 28 heavy (non-hydrogen) atoms. The van der Waals surface area contributed by atoms with E-state index in [2.05, 4.69) is 15.6 Å². The van der Waals surface area contributed by atoms with Gasteiger partial charge in [-0.2, -0.15) is 0 Å². The van der Waals surface area contributed by atoms with Crippen LogP contribution >= 0.6 is 24.0 Å². The minimum atomic E-state index is -0.334. The van der Waals surface area contributed by atoms with Gasteiger partial charge in [-0.1, -0.05) is 12.8 Å². The largest absolute Gasteiger partial charge is 0.497 e. The van der Waals surface area contributed by atoms with Crippen molar-refractivity contribution in [2.45, 2.75) is 32.2 Å². The number of rotatable bonds is 7. The number of hydrogen-bond acceptors (Lipinski definition) is 4. The summed E-state index contributed by atoms with van der Waals surface area (Å²) in [5.41, 5.74) is 0.667. The normalized spacial score (nSPS) is 15.4. The standard InChI is InChI=1S/C20H32N4O3.HI/c1-21-19(22-13-15-8-9-16(26-4)12-17(15)27-5)23-14-20(10-6-7-11-20)18(25)24(2)3;/h8-9,12H,6-7,10-11,13-14H2,1-5H3,(H2,21,22,23);1H. The van der Waals surface area contributed by atoms with Crippen molar-refractivity contribution in [1.82, 2.24) is 15.5 Å². The van der Waals surface area contributed by atoms with E-state index >= 15 is 0 Å². The Kier molecular flexibility index (Phi) is 9.84. The molecule has 0 spiro atoms. The molecule has 1 aliphatic carbocycles. The highest BCUT2D eigenvalue weighted by atomic mass is 127. The number of hydrogen-bond donors (Lipinski definition) is 2. The molecular weight excluding hydrogens is 471 g/mol. The molecule has 1 saturated carbocycles. The van der Waals surface area contributed by atoms with Crippen LogP contribution in [0.3, 0.4) is 0 Å². The summed E-state index contributed by atoms with van der Waals surface area (Å²) in [6, 6.07) is 5.72. The molecule has 0 aliphatic heterocycles. The Hall–Kier alpha value is -1.71. The summed E-state index contributed by atoms with van der Waals surface area (Å²) in [4.78, 5) is 18.7. The van der Waals surface area contributed by atoms with Crippen molar-refractivity contribution >= 4 is 35.8 Å². The van der Waals surface area contributed by atoms with Gasteiger partial charge < -0.3 is 25.0 Å². The number of halogens is 1. The summed E-state index contributed by atoms with van der Waals surface area (Å²) >= 11 is 0. The van der Waals surface area contributed by atoms with E-state index in [1.54, 1.807) is 26.2 Å². The molecule has 7 nitrogen and oxygen atoms in total. The maximum atomic E-state index is 12.7. The molecule has 1 aromatic rings. The molecule has 1 fully saturated rings. The van der Waals surface area contributed by atoms with E-state index in [4.69, 9.17) is 9.47 Å². The van der Waals surface area contributed by atoms with Crippen LogP contribution in [-0.2, 0) is 11.3 Å². The van der Waals surface area contributed by atoms with Gasteiger partial charge in [-0.15, -0.1) is 24.0 Å². The second-order valence-electron chi connectivity index (χ2n) is 7.14. The molecule has 0 radical (unpaired) electrons. The number of carbonyl (C=O) groups is 1. The van der Waals surface area contributed by atoms with Crippen LogP contribution in [0.25, 0.3) is 0 Å². The highest BCUT2D eigenvalue weighted by Gasteiger charge is 2.42. The van der Waals surface area contributed by atoms with Gasteiger partial charge in [0.1, 0.15) is 11.5 Å². The van der Waals surface area contributed by atoms with Crippen molar-refractivity contribution in [3.05, 3.63) is 23.8 Å². The average Bonchev–Trinajstić information content (AvgIpc) is 3.17. The van der Waals surface area contributed by atoms with Gasteiger partial charge in [0.2, 0.25) is 5.91 Å². The first kappa shape index (κ1) is 24.3. The number of benzene rings is 1. The fourth-order valence-corrected chi connectivity index (χ4v) is 3.64. The summed E-state index contributed by atoms with van der Waals surface area (Å²) in [7, 11) is 8.65. The van der Waals surface area contributed by atoms with E-state index in [-0.39, 0.29) is 35.3 Å². The highest BCUT2D eigenvalue weighted by Crippen LogP contribution is 2.38. The molecule has 0 bridgehead atoms. The SMILES string of the molecule is CN=C(NCc1ccc(OC)cc1OC)NCC1(C(=O)N(C)C)CCCC1.I. The van der Waals surface area contributed by atoms with Crippen LogP contribution < -0.4 is 20.1 Å². The molecule has 2 N–H and O–H groups in total. The summed E-state index contributed by atoms with van der Waals surface area (Å²) in [6.07, 6.45) is 4.02. The average molecular weight is 504 g/mol. The maximum absolute atomic E-state index is 12.7. The third kappa shape index (κ3) is 5.89. The van der Waals surface area contributed by atoms with Crippen molar-refractivity contribution in [2.24, 2.45) is 10.4 Å². The molecule has 1 aromatic carbocycles. The number of nitrogens with one attached hydrogen (secondary N) is 2. The first-order chi connectivity index (χ1) is 13.0. The summed E-state index contributed by atoms with van der Waals surface area (Å²) in [6.45, 7) is 1.14. The molecule has 1 aliphatic rings. The Balaban J connectivity index is 0.00000392. The Morgan fingerprint density at radius 1 is 1.18 bits per heavy atom. The van der Waals surface area contributed by atoms with E-state index in [9.17, 15) is 4.79 Å². The van der Waals surface area contributed by atoms with Gasteiger partial charge in [-0.25, -0.2) is 0 Å². The second kappa shape index (κ2) is 11.3. The van der Waals surface area contributed by atoms with Gasteiger partial charge in [0.05, 0.1) is 19.6 Å². The highest BCUT2D eigenvalue weighted by molar-refractivity contribution is 14.0. The van der Waals surface area contributed by atoms with Crippen LogP contribution in [0.5, 0.6) is 11.5 Å². The zero-order chi connectivity index (χ0) is 19.9. The van der Waals surface area contributed by atoms with Crippen molar-refractivity contribution in [1.29, 1.82) is 0 Å². The van der Waals surface area contributed by atoms with Crippen molar-refractivity contribution in [3.63, 3.8) is 0 Å². The van der Waals surface area contributed by atoms with Crippen molar-refractivity contribution < 1.29 is 14.3 Å². The second-order valence-corrected chi connectivity index (χ2v) is 7.14. The molecule has 8 heteroatoms. The molecule has 0 heterocycles. The summed E-state index contributed by atoms with van der Waals surface area (Å²) in [5.74, 6) is 2.38. The number of methoxy groups -OCH3 is 2. The Morgan fingerprint density at radius 3 is 2.39 bits per heavy atom. The minimum Gasteiger partial charge on any atom is -0.497 e. The van der Waals surface area contributed by atoms with Gasteiger partial charge in [0.25, 0.3) is 0 Å². The first-order valence-corrected chi connectivity index (χ1v) is 9.33. The van der Waals surface area contributed by atoms with Crippen LogP contribution in [0.1, 0.15) is 31.2 Å². The molecule has 0 saturated heterocycles. The fourth-order valence-electron chi connectivity index (χ4n) is 3.64. The van der Waals surface area contributed by atoms with Crippen LogP contribution in [0, 0.1) is 5.41 Å². The number of guanidine groups is 1. The van der Waals surface area contributed by atoms with E-state index in [1.807, 2.05) is 32.3 Å². The third-order valence-corrected chi connectivity index (χ3v) is 5.18. The molecule has 0 aromatic heterocycles. The van der Waals surface area contributed by atoms with Crippen molar-refractivity contribution in [3.8, 4) is 11.5 Å². The summed E-state index contributed by atoms with van der Waals surface area (Å²) < 4.78 is 10.7. The molecule has 0 atom stereocenters. The molecule has 1 amide bonds. The van der Waals surface area contributed by atoms with Gasteiger partial charge in [-0.05, 0) is 25.0 Å². The zero-order valence-corrected chi connectivity index (χ0v) is 19.8. The first-order valence-electron chi connectivity index (χ1n) is 9.33. The number of carbonyl (C=O) groups excluding carboxylic acids is 1. The molecule has 0 unspecified atom stereocenters. The van der Waals surface area contributed by atoms with Crippen LogP contribution in [-0.4, -0.2) is 58.7 Å². The van der Waals surface area contributed by atoms with Gasteiger partial charge in [0.15, 0.2) is 5.96 Å². The topological polar surface area (TPSA) is 75.2 Å². The van der Waals surface area contributed by atoms with Crippen LogP contribution in [0.4, 0.5) is 0 Å². The molecule has 158 valence electrons. The Morgan fingerprint density at radius 2 is 1.86 bits per heavy atom. The summed E-state index contributed by atoms with van der Waals surface area (Å²) in [5, 5.41) is 6.64. The number of ether oxygens (including phenoxy) is 2. The lowest BCUT2D eigenvalue weighted by Crippen LogP contribution is -2.49. The number of aliphatic imine (C=N–C) groups is 1. The Bertz CT molecular complexity index is 673. The predicted molar refractivity (Wildman–Crippen MR) is 123 cm³/mol. The lowest BCUT2D eigenvalue weighted by atomic mass is 9.84. The fraction of sp³-hybridized carbons (Fsp3) is 0.600. The van der Waals surface area contributed by atoms with Crippen LogP contribution in [0.15, 0.2) is 23.2 Å². The lowest BCUT2D eigenvalue weighted by Gasteiger charge is -2.31. The predicted octanol–water partition coefficient (Wildman–Crippen LogP) is 2.64. The molecule has 2 rings (SSSR count). The van der Waals surface area contributed by atoms with E-state index in [0.29, 0.717) is 19.0 Å². The van der Waals surface area contributed by atoms with Crippen molar-refractivity contribution in [2.75, 3.05) is 41.9 Å². The minimum absolute atomic E-state index is 0. The van der Waals surface area contributed by atoms with E-state index in [1.165, 1.54) is 0 Å². The Labute approximate surface area is 185 Å². The maximum Gasteiger partial charge on any atom is 0.230 e. The van der Waals surface area contributed by atoms with E-state index in [0.717, 1.165) is 42.7 Å². The monoisotopic (exact) mass is 504 g/mol. The molecular formula is C20H33IN4O3. The number of amides is 1. The van der Waals surface area contributed by atoms with Gasteiger partial charge in [-0.3, -0.25) is 9.79 Å². The zero-order valence-electron chi connectivity index (χ0n) is 17.5. The van der Waals surface area contributed by atoms with Gasteiger partial charge in [0, 0.05) is 45.9 Å². The van der Waals surface area contributed by atoms with E-state index < -0.39 is 0 Å². The van der Waals surface area contributed by atoms with Gasteiger partial charge >= 0.3 is 0 Å². The quantitative estimate of drug-likeness (QED) is 0.340. The lowest BCUT2D eigenvalue weighted by molar-refractivity contribution is -0.138. The number of nitrogens with zero attached hydrogens (tertiary/aromatic N) is 2. The van der Waals surface area contributed by atoms with Crippen LogP contribution in [0.2, 0.25) is 0 Å².